The molecule has 0 fully saturated rings. The summed E-state index contributed by atoms with van der Waals surface area (Å²) in [6.45, 7) is 2.09. The molecule has 2 N–H and O–H groups in total. The van der Waals surface area contributed by atoms with Gasteiger partial charge in [0.05, 0.1) is 11.8 Å². The molecule has 1 aliphatic carbocycles. The van der Waals surface area contributed by atoms with Gasteiger partial charge in [0.15, 0.2) is 0 Å². The number of hydrogen-bond acceptors (Lipinski definition) is 2. The van der Waals surface area contributed by atoms with E-state index in [-0.39, 0.29) is 6.10 Å². The number of aryl methyl sites for hydroxylation is 2. The van der Waals surface area contributed by atoms with Gasteiger partial charge in [-0.2, -0.15) is 0 Å². The van der Waals surface area contributed by atoms with Crippen LogP contribution in [0.3, 0.4) is 0 Å². The molecule has 0 aliphatic heterocycles. The highest BCUT2D eigenvalue weighted by atomic mass is 16.3. The van der Waals surface area contributed by atoms with Crippen molar-refractivity contribution in [1.29, 1.82) is 0 Å². The monoisotopic (exact) mass is 228 g/mol. The van der Waals surface area contributed by atoms with Crippen LogP contribution in [0.15, 0.2) is 24.3 Å². The first-order valence-electron chi connectivity index (χ1n) is 6.06. The average Bonchev–Trinajstić information content (AvgIpc) is 2.72. The number of aliphatic hydroxyl groups excluding tert-OH is 1. The van der Waals surface area contributed by atoms with Crippen LogP contribution in [0, 0.1) is 6.92 Å². The zero-order valence-corrected chi connectivity index (χ0v) is 9.90. The summed E-state index contributed by atoms with van der Waals surface area (Å²) < 4.78 is 0. The van der Waals surface area contributed by atoms with Crippen molar-refractivity contribution in [2.24, 2.45) is 0 Å². The van der Waals surface area contributed by atoms with Crippen molar-refractivity contribution in [3.8, 4) is 11.4 Å². The lowest BCUT2D eigenvalue weighted by atomic mass is 9.99. The van der Waals surface area contributed by atoms with Crippen LogP contribution in [-0.2, 0) is 12.8 Å². The molecule has 3 nitrogen and oxygen atoms in total. The van der Waals surface area contributed by atoms with E-state index in [0.29, 0.717) is 6.42 Å². The molecule has 0 spiro atoms. The molecule has 0 bridgehead atoms. The molecule has 88 valence electrons. The third kappa shape index (κ3) is 1.87. The topological polar surface area (TPSA) is 48.9 Å². The molecular formula is C14H16N2O. The first-order chi connectivity index (χ1) is 8.24. The highest BCUT2D eigenvalue weighted by Gasteiger charge is 2.20. The van der Waals surface area contributed by atoms with E-state index in [1.54, 1.807) is 0 Å². The van der Waals surface area contributed by atoms with Crippen molar-refractivity contribution in [2.75, 3.05) is 0 Å². The Labute approximate surface area is 101 Å². The van der Waals surface area contributed by atoms with Crippen LogP contribution in [0.1, 0.15) is 23.4 Å². The number of fused-ring (bicyclic) bond motifs is 1. The van der Waals surface area contributed by atoms with Gasteiger partial charge in [-0.15, -0.1) is 0 Å². The lowest BCUT2D eigenvalue weighted by molar-refractivity contribution is 0.157. The van der Waals surface area contributed by atoms with E-state index in [1.165, 1.54) is 5.56 Å². The van der Waals surface area contributed by atoms with Crippen molar-refractivity contribution < 1.29 is 5.11 Å². The SMILES string of the molecule is Cc1ccccc1-c1nc2c([nH]1)CC(O)CC2. The molecule has 1 unspecified atom stereocenters. The van der Waals surface area contributed by atoms with Crippen LogP contribution < -0.4 is 0 Å². The lowest BCUT2D eigenvalue weighted by Crippen LogP contribution is -2.18. The fourth-order valence-corrected chi connectivity index (χ4v) is 2.43. The highest BCUT2D eigenvalue weighted by Crippen LogP contribution is 2.25. The van der Waals surface area contributed by atoms with Crippen LogP contribution in [0.2, 0.25) is 0 Å². The summed E-state index contributed by atoms with van der Waals surface area (Å²) in [5.74, 6) is 0.933. The van der Waals surface area contributed by atoms with Gasteiger partial charge in [0, 0.05) is 17.7 Å². The van der Waals surface area contributed by atoms with E-state index in [9.17, 15) is 5.11 Å². The van der Waals surface area contributed by atoms with Gasteiger partial charge in [0.1, 0.15) is 5.82 Å². The fraction of sp³-hybridized carbons (Fsp3) is 0.357. The minimum absolute atomic E-state index is 0.215. The quantitative estimate of drug-likeness (QED) is 0.786. The molecular weight excluding hydrogens is 212 g/mol. The van der Waals surface area contributed by atoms with Gasteiger partial charge in [0.2, 0.25) is 0 Å². The Bertz CT molecular complexity index is 545. The normalized spacial score (nSPS) is 19.1. The first kappa shape index (κ1) is 10.5. The number of aromatic amines is 1. The molecule has 3 heteroatoms. The van der Waals surface area contributed by atoms with Crippen LogP contribution in [-0.4, -0.2) is 21.2 Å². The Kier molecular flexibility index (Phi) is 2.48. The van der Waals surface area contributed by atoms with Gasteiger partial charge >= 0.3 is 0 Å². The number of nitrogens with zero attached hydrogens (tertiary/aromatic N) is 1. The van der Waals surface area contributed by atoms with Crippen molar-refractivity contribution in [3.63, 3.8) is 0 Å². The number of benzene rings is 1. The maximum Gasteiger partial charge on any atom is 0.138 e. The predicted molar refractivity (Wildman–Crippen MR) is 66.8 cm³/mol. The molecule has 3 rings (SSSR count). The number of H-pyrrole nitrogens is 1. The molecule has 17 heavy (non-hydrogen) atoms. The molecule has 2 aromatic rings. The molecule has 1 aliphatic rings. The Morgan fingerprint density at radius 3 is 3.00 bits per heavy atom. The van der Waals surface area contributed by atoms with Crippen LogP contribution in [0.25, 0.3) is 11.4 Å². The minimum atomic E-state index is -0.215. The Balaban J connectivity index is 2.03. The van der Waals surface area contributed by atoms with Crippen LogP contribution >= 0.6 is 0 Å². The van der Waals surface area contributed by atoms with E-state index in [4.69, 9.17) is 0 Å². The number of aromatic nitrogens is 2. The Morgan fingerprint density at radius 1 is 1.35 bits per heavy atom. The third-order valence-corrected chi connectivity index (χ3v) is 3.42. The van der Waals surface area contributed by atoms with Gasteiger partial charge in [-0.1, -0.05) is 24.3 Å². The number of imidazole rings is 1. The van der Waals surface area contributed by atoms with Crippen LogP contribution in [0.5, 0.6) is 0 Å². The second-order valence-corrected chi connectivity index (χ2v) is 4.72. The lowest BCUT2D eigenvalue weighted by Gasteiger charge is -2.14. The molecule has 0 saturated carbocycles. The molecule has 1 aromatic carbocycles. The van der Waals surface area contributed by atoms with Gasteiger partial charge in [0.25, 0.3) is 0 Å². The second-order valence-electron chi connectivity index (χ2n) is 4.72. The minimum Gasteiger partial charge on any atom is -0.393 e. The van der Waals surface area contributed by atoms with Gasteiger partial charge < -0.3 is 10.1 Å². The van der Waals surface area contributed by atoms with E-state index in [2.05, 4.69) is 29.0 Å². The van der Waals surface area contributed by atoms with Crippen molar-refractivity contribution in [3.05, 3.63) is 41.2 Å². The summed E-state index contributed by atoms with van der Waals surface area (Å²) in [6, 6.07) is 8.23. The maximum absolute atomic E-state index is 9.64. The standard InChI is InChI=1S/C14H16N2O/c1-9-4-2-3-5-11(9)14-15-12-7-6-10(17)8-13(12)16-14/h2-5,10,17H,6-8H2,1H3,(H,15,16). The smallest absolute Gasteiger partial charge is 0.138 e. The first-order valence-corrected chi connectivity index (χ1v) is 6.06. The number of rotatable bonds is 1. The third-order valence-electron chi connectivity index (χ3n) is 3.42. The summed E-state index contributed by atoms with van der Waals surface area (Å²) in [4.78, 5) is 8.00. The molecule has 0 amide bonds. The summed E-state index contributed by atoms with van der Waals surface area (Å²) in [5.41, 5.74) is 4.59. The van der Waals surface area contributed by atoms with E-state index in [1.807, 2.05) is 12.1 Å². The predicted octanol–water partition coefficient (Wildman–Crippen LogP) is 2.23. The Hall–Kier alpha value is -1.61. The van der Waals surface area contributed by atoms with Crippen molar-refractivity contribution in [1.82, 2.24) is 9.97 Å². The molecule has 1 aromatic heterocycles. The number of nitrogens with one attached hydrogen (secondary N) is 1. The van der Waals surface area contributed by atoms with E-state index in [0.717, 1.165) is 35.6 Å². The van der Waals surface area contributed by atoms with E-state index < -0.39 is 0 Å². The average molecular weight is 228 g/mol. The molecule has 1 atom stereocenters. The number of hydrogen-bond donors (Lipinski definition) is 2. The fourth-order valence-electron chi connectivity index (χ4n) is 2.43. The molecule has 0 saturated heterocycles. The summed E-state index contributed by atoms with van der Waals surface area (Å²) in [5, 5.41) is 9.64. The van der Waals surface area contributed by atoms with Crippen LogP contribution in [0.4, 0.5) is 0 Å². The second kappa shape index (κ2) is 4.00. The summed E-state index contributed by atoms with van der Waals surface area (Å²) in [6.07, 6.45) is 2.19. The summed E-state index contributed by atoms with van der Waals surface area (Å²) in [7, 11) is 0. The maximum atomic E-state index is 9.64. The van der Waals surface area contributed by atoms with E-state index >= 15 is 0 Å². The zero-order valence-electron chi connectivity index (χ0n) is 9.90. The number of aliphatic hydroxyl groups is 1. The van der Waals surface area contributed by atoms with Gasteiger partial charge in [-0.3, -0.25) is 0 Å². The molecule has 0 radical (unpaired) electrons. The molecule has 1 heterocycles. The largest absolute Gasteiger partial charge is 0.393 e. The Morgan fingerprint density at radius 2 is 2.18 bits per heavy atom. The summed E-state index contributed by atoms with van der Waals surface area (Å²) >= 11 is 0. The zero-order chi connectivity index (χ0) is 11.8. The van der Waals surface area contributed by atoms with Gasteiger partial charge in [-0.25, -0.2) is 4.98 Å². The van der Waals surface area contributed by atoms with Crippen molar-refractivity contribution >= 4 is 0 Å². The van der Waals surface area contributed by atoms with Crippen molar-refractivity contribution in [2.45, 2.75) is 32.3 Å². The highest BCUT2D eigenvalue weighted by molar-refractivity contribution is 5.60. The van der Waals surface area contributed by atoms with Gasteiger partial charge in [-0.05, 0) is 25.3 Å².